The average Bonchev–Trinajstić information content (AvgIpc) is 2.95. The van der Waals surface area contributed by atoms with Crippen LogP contribution in [0.2, 0.25) is 0 Å². The number of carbonyl (C=O) groups is 1. The Morgan fingerprint density at radius 1 is 0.846 bits per heavy atom. The second-order valence-electron chi connectivity index (χ2n) is 9.58. The molecule has 0 atom stereocenters. The zero-order valence-corrected chi connectivity index (χ0v) is 22.3. The lowest BCUT2D eigenvalue weighted by molar-refractivity contribution is -0.137. The van der Waals surface area contributed by atoms with E-state index in [0.29, 0.717) is 38.3 Å². The van der Waals surface area contributed by atoms with Crippen LogP contribution in [0, 0.1) is 0 Å². The molecule has 0 radical (unpaired) electrons. The van der Waals surface area contributed by atoms with Gasteiger partial charge in [0.25, 0.3) is 5.91 Å². The number of nitrogens with zero attached hydrogens (tertiary/aromatic N) is 2. The van der Waals surface area contributed by atoms with E-state index in [9.17, 15) is 18.0 Å². The number of halogens is 3. The molecule has 3 aromatic carbocycles. The molecule has 4 rings (SSSR count). The average molecular weight is 539 g/mol. The van der Waals surface area contributed by atoms with Crippen molar-refractivity contribution in [3.05, 3.63) is 101 Å². The van der Waals surface area contributed by atoms with Gasteiger partial charge in [-0.15, -0.1) is 0 Å². The highest BCUT2D eigenvalue weighted by atomic mass is 19.4. The molecule has 1 saturated heterocycles. The number of amides is 1. The van der Waals surface area contributed by atoms with Gasteiger partial charge in [-0.3, -0.25) is 9.69 Å². The topological polar surface area (TPSA) is 42.0 Å². The maximum absolute atomic E-state index is 13.1. The Labute approximate surface area is 227 Å². The summed E-state index contributed by atoms with van der Waals surface area (Å²) in [4.78, 5) is 17.0. The summed E-state index contributed by atoms with van der Waals surface area (Å²) in [5, 5.41) is 0. The van der Waals surface area contributed by atoms with E-state index < -0.39 is 11.7 Å². The smallest absolute Gasteiger partial charge is 0.416 e. The lowest BCUT2D eigenvalue weighted by Gasteiger charge is -2.34. The standard InChI is InChI=1S/C31H33F3N2O3/c1-4-27-28(38-2)19-24(20-29(27)39-3)6-5-22-7-11-25(12-8-22)30(37)36-17-15-35(16-18-36)21-23-9-13-26(14-10-23)31(32,33)34/h4,7-14,19-20H,1,5-6,15-18,21H2,2-3H3. The van der Waals surface area contributed by atoms with Crippen LogP contribution in [-0.2, 0) is 25.6 Å². The second-order valence-corrected chi connectivity index (χ2v) is 9.58. The molecule has 1 aliphatic rings. The minimum Gasteiger partial charge on any atom is -0.496 e. The molecule has 0 aromatic heterocycles. The number of alkyl halides is 3. The highest BCUT2D eigenvalue weighted by Gasteiger charge is 2.30. The molecule has 1 heterocycles. The van der Waals surface area contributed by atoms with Gasteiger partial charge in [-0.1, -0.05) is 36.9 Å². The largest absolute Gasteiger partial charge is 0.496 e. The highest BCUT2D eigenvalue weighted by molar-refractivity contribution is 5.94. The molecule has 8 heteroatoms. The fourth-order valence-corrected chi connectivity index (χ4v) is 4.79. The van der Waals surface area contributed by atoms with E-state index in [-0.39, 0.29) is 5.91 Å². The molecule has 0 saturated carbocycles. The minimum atomic E-state index is -4.33. The Hall–Kier alpha value is -3.78. The van der Waals surface area contributed by atoms with E-state index in [1.165, 1.54) is 12.1 Å². The van der Waals surface area contributed by atoms with Crippen LogP contribution in [0.5, 0.6) is 11.5 Å². The van der Waals surface area contributed by atoms with Crippen molar-refractivity contribution in [1.29, 1.82) is 0 Å². The summed E-state index contributed by atoms with van der Waals surface area (Å²) in [6, 6.07) is 17.0. The third-order valence-electron chi connectivity index (χ3n) is 7.06. The number of aryl methyl sites for hydroxylation is 2. The third kappa shape index (κ3) is 7.00. The van der Waals surface area contributed by atoms with E-state index in [1.807, 2.05) is 41.3 Å². The summed E-state index contributed by atoms with van der Waals surface area (Å²) in [6.45, 7) is 6.88. The monoisotopic (exact) mass is 538 g/mol. The Kier molecular flexibility index (Phi) is 8.97. The number of rotatable bonds is 9. The molecule has 1 fully saturated rings. The summed E-state index contributed by atoms with van der Waals surface area (Å²) in [5.74, 6) is 1.43. The molecule has 206 valence electrons. The van der Waals surface area contributed by atoms with Crippen molar-refractivity contribution in [2.75, 3.05) is 40.4 Å². The normalized spacial score (nSPS) is 14.2. The number of ether oxygens (including phenoxy) is 2. The van der Waals surface area contributed by atoms with Crippen molar-refractivity contribution in [3.8, 4) is 11.5 Å². The van der Waals surface area contributed by atoms with Gasteiger partial charge in [0.1, 0.15) is 11.5 Å². The van der Waals surface area contributed by atoms with Gasteiger partial charge in [0.05, 0.1) is 25.3 Å². The zero-order chi connectivity index (χ0) is 28.0. The van der Waals surface area contributed by atoms with Crippen LogP contribution in [0.25, 0.3) is 6.08 Å². The zero-order valence-electron chi connectivity index (χ0n) is 22.3. The van der Waals surface area contributed by atoms with Crippen LogP contribution in [0.4, 0.5) is 13.2 Å². The molecule has 1 amide bonds. The molecule has 1 aliphatic heterocycles. The van der Waals surface area contributed by atoms with Gasteiger partial charge in [-0.25, -0.2) is 0 Å². The van der Waals surface area contributed by atoms with E-state index in [2.05, 4.69) is 11.5 Å². The van der Waals surface area contributed by atoms with Gasteiger partial charge < -0.3 is 14.4 Å². The van der Waals surface area contributed by atoms with Gasteiger partial charge in [0.2, 0.25) is 0 Å². The first-order valence-corrected chi connectivity index (χ1v) is 12.9. The molecular formula is C31H33F3N2O3. The van der Waals surface area contributed by atoms with Gasteiger partial charge >= 0.3 is 6.18 Å². The van der Waals surface area contributed by atoms with Crippen LogP contribution < -0.4 is 9.47 Å². The molecule has 39 heavy (non-hydrogen) atoms. The molecule has 5 nitrogen and oxygen atoms in total. The fourth-order valence-electron chi connectivity index (χ4n) is 4.79. The molecule has 0 aliphatic carbocycles. The molecular weight excluding hydrogens is 505 g/mol. The van der Waals surface area contributed by atoms with Crippen molar-refractivity contribution in [1.82, 2.24) is 9.80 Å². The summed E-state index contributed by atoms with van der Waals surface area (Å²) < 4.78 is 49.3. The Balaban J connectivity index is 1.29. The molecule has 0 spiro atoms. The van der Waals surface area contributed by atoms with Crippen LogP contribution in [-0.4, -0.2) is 56.1 Å². The number of benzene rings is 3. The van der Waals surface area contributed by atoms with Gasteiger partial charge in [0, 0.05) is 38.3 Å². The molecule has 0 unspecified atom stereocenters. The first kappa shape index (κ1) is 28.2. The quantitative estimate of drug-likeness (QED) is 0.330. The number of piperazine rings is 1. The number of hydrogen-bond donors (Lipinski definition) is 0. The summed E-state index contributed by atoms with van der Waals surface area (Å²) in [6.07, 6.45) is -1.02. The van der Waals surface area contributed by atoms with Crippen molar-refractivity contribution < 1.29 is 27.4 Å². The van der Waals surface area contributed by atoms with Crippen LogP contribution in [0.3, 0.4) is 0 Å². The maximum atomic E-state index is 13.1. The summed E-state index contributed by atoms with van der Waals surface area (Å²) in [5.41, 5.74) is 3.87. The highest BCUT2D eigenvalue weighted by Crippen LogP contribution is 2.32. The van der Waals surface area contributed by atoms with Gasteiger partial charge in [-0.05, 0) is 65.9 Å². The first-order chi connectivity index (χ1) is 18.7. The van der Waals surface area contributed by atoms with E-state index in [0.717, 1.165) is 58.7 Å². The molecule has 3 aromatic rings. The maximum Gasteiger partial charge on any atom is 0.416 e. The number of hydrogen-bond acceptors (Lipinski definition) is 4. The van der Waals surface area contributed by atoms with Gasteiger partial charge in [0.15, 0.2) is 0 Å². The molecule has 0 N–H and O–H groups in total. The Morgan fingerprint density at radius 3 is 1.90 bits per heavy atom. The third-order valence-corrected chi connectivity index (χ3v) is 7.06. The predicted molar refractivity (Wildman–Crippen MR) is 146 cm³/mol. The number of methoxy groups -OCH3 is 2. The SMILES string of the molecule is C=Cc1c(OC)cc(CCc2ccc(C(=O)N3CCN(Cc4ccc(C(F)(F)F)cc4)CC3)cc2)cc1OC. The summed E-state index contributed by atoms with van der Waals surface area (Å²) >= 11 is 0. The van der Waals surface area contributed by atoms with E-state index >= 15 is 0 Å². The van der Waals surface area contributed by atoms with Crippen molar-refractivity contribution >= 4 is 12.0 Å². The van der Waals surface area contributed by atoms with Crippen molar-refractivity contribution in [2.24, 2.45) is 0 Å². The van der Waals surface area contributed by atoms with Gasteiger partial charge in [-0.2, -0.15) is 13.2 Å². The fraction of sp³-hybridized carbons (Fsp3) is 0.323. The predicted octanol–water partition coefficient (Wildman–Crippen LogP) is 6.11. The van der Waals surface area contributed by atoms with E-state index in [4.69, 9.17) is 9.47 Å². The molecule has 0 bridgehead atoms. The van der Waals surface area contributed by atoms with Crippen LogP contribution in [0.1, 0.15) is 38.2 Å². The Bertz CT molecular complexity index is 1250. The van der Waals surface area contributed by atoms with Crippen LogP contribution in [0.15, 0.2) is 67.2 Å². The second kappa shape index (κ2) is 12.4. The van der Waals surface area contributed by atoms with Crippen LogP contribution >= 0.6 is 0 Å². The minimum absolute atomic E-state index is 0.00906. The summed E-state index contributed by atoms with van der Waals surface area (Å²) in [7, 11) is 3.25. The lowest BCUT2D eigenvalue weighted by Crippen LogP contribution is -2.48. The lowest BCUT2D eigenvalue weighted by atomic mass is 10.0. The van der Waals surface area contributed by atoms with Crippen molar-refractivity contribution in [2.45, 2.75) is 25.6 Å². The van der Waals surface area contributed by atoms with Crippen molar-refractivity contribution in [3.63, 3.8) is 0 Å². The number of carbonyl (C=O) groups excluding carboxylic acids is 1. The van der Waals surface area contributed by atoms with E-state index in [1.54, 1.807) is 20.3 Å². The first-order valence-electron chi connectivity index (χ1n) is 12.9. The Morgan fingerprint density at radius 2 is 1.38 bits per heavy atom.